The standard InChI is InChI=1S/C15H16BrFN2O/c1-10(2)5-6-19-8-11(9-20)15(18-19)13-4-3-12(17)7-14(13)16/h3-4,7-10H,5-6H2,1-2H3. The first-order chi connectivity index (χ1) is 9.51. The minimum absolute atomic E-state index is 0.326. The van der Waals surface area contributed by atoms with Crippen molar-refractivity contribution in [3.63, 3.8) is 0 Å². The number of aromatic nitrogens is 2. The van der Waals surface area contributed by atoms with Crippen molar-refractivity contribution in [3.05, 3.63) is 40.2 Å². The van der Waals surface area contributed by atoms with Crippen LogP contribution >= 0.6 is 15.9 Å². The Morgan fingerprint density at radius 2 is 2.20 bits per heavy atom. The van der Waals surface area contributed by atoms with Crippen molar-refractivity contribution in [1.82, 2.24) is 9.78 Å². The summed E-state index contributed by atoms with van der Waals surface area (Å²) in [5.41, 5.74) is 1.81. The highest BCUT2D eigenvalue weighted by molar-refractivity contribution is 9.10. The molecule has 0 atom stereocenters. The predicted octanol–water partition coefficient (Wildman–Crippen LogP) is 4.31. The molecule has 5 heteroatoms. The van der Waals surface area contributed by atoms with Crippen LogP contribution in [0.25, 0.3) is 11.3 Å². The maximum absolute atomic E-state index is 13.1. The summed E-state index contributed by atoms with van der Waals surface area (Å²) in [4.78, 5) is 11.2. The largest absolute Gasteiger partial charge is 0.298 e. The van der Waals surface area contributed by atoms with Gasteiger partial charge in [-0.05, 0) is 46.5 Å². The van der Waals surface area contributed by atoms with E-state index in [-0.39, 0.29) is 5.82 Å². The van der Waals surface area contributed by atoms with Crippen molar-refractivity contribution in [2.24, 2.45) is 5.92 Å². The van der Waals surface area contributed by atoms with Crippen molar-refractivity contribution >= 4 is 22.2 Å². The normalized spacial score (nSPS) is 11.1. The second kappa shape index (κ2) is 6.31. The number of rotatable bonds is 5. The zero-order valence-electron chi connectivity index (χ0n) is 11.4. The van der Waals surface area contributed by atoms with Gasteiger partial charge in [0.05, 0.1) is 5.56 Å². The highest BCUT2D eigenvalue weighted by Crippen LogP contribution is 2.29. The van der Waals surface area contributed by atoms with E-state index in [1.165, 1.54) is 12.1 Å². The van der Waals surface area contributed by atoms with E-state index in [4.69, 9.17) is 0 Å². The number of benzene rings is 1. The van der Waals surface area contributed by atoms with Gasteiger partial charge < -0.3 is 0 Å². The number of nitrogens with zero attached hydrogens (tertiary/aromatic N) is 2. The van der Waals surface area contributed by atoms with Gasteiger partial charge in [0.1, 0.15) is 11.5 Å². The first kappa shape index (κ1) is 14.9. The predicted molar refractivity (Wildman–Crippen MR) is 80.2 cm³/mol. The van der Waals surface area contributed by atoms with Gasteiger partial charge in [0.15, 0.2) is 6.29 Å². The minimum atomic E-state index is -0.326. The Balaban J connectivity index is 2.37. The molecule has 0 aliphatic carbocycles. The molecule has 0 spiro atoms. The van der Waals surface area contributed by atoms with Crippen molar-refractivity contribution in [2.45, 2.75) is 26.8 Å². The van der Waals surface area contributed by atoms with Crippen LogP contribution in [0.4, 0.5) is 4.39 Å². The first-order valence-corrected chi connectivity index (χ1v) is 7.28. The van der Waals surface area contributed by atoms with Crippen LogP contribution in [-0.4, -0.2) is 16.1 Å². The summed E-state index contributed by atoms with van der Waals surface area (Å²) in [5.74, 6) is 0.243. The van der Waals surface area contributed by atoms with E-state index in [9.17, 15) is 9.18 Å². The molecule has 3 nitrogen and oxygen atoms in total. The summed E-state index contributed by atoms with van der Waals surface area (Å²) in [7, 11) is 0. The Hall–Kier alpha value is -1.49. The Morgan fingerprint density at radius 1 is 1.45 bits per heavy atom. The fourth-order valence-corrected chi connectivity index (χ4v) is 2.46. The number of carbonyl (C=O) groups is 1. The van der Waals surface area contributed by atoms with E-state index >= 15 is 0 Å². The van der Waals surface area contributed by atoms with Gasteiger partial charge in [-0.1, -0.05) is 13.8 Å². The number of hydrogen-bond acceptors (Lipinski definition) is 2. The van der Waals surface area contributed by atoms with Crippen molar-refractivity contribution in [1.29, 1.82) is 0 Å². The number of hydrogen-bond donors (Lipinski definition) is 0. The summed E-state index contributed by atoms with van der Waals surface area (Å²) in [6.45, 7) is 5.04. The molecule has 2 aromatic rings. The second-order valence-electron chi connectivity index (χ2n) is 5.12. The van der Waals surface area contributed by atoms with Gasteiger partial charge in [-0.2, -0.15) is 5.10 Å². The Kier molecular flexibility index (Phi) is 4.70. The van der Waals surface area contributed by atoms with Crippen LogP contribution in [0.1, 0.15) is 30.6 Å². The molecule has 0 saturated heterocycles. The van der Waals surface area contributed by atoms with E-state index in [0.717, 1.165) is 24.8 Å². The Labute approximate surface area is 125 Å². The van der Waals surface area contributed by atoms with Gasteiger partial charge in [0.2, 0.25) is 0 Å². The molecular weight excluding hydrogens is 323 g/mol. The molecular formula is C15H16BrFN2O. The third-order valence-electron chi connectivity index (χ3n) is 3.04. The van der Waals surface area contributed by atoms with Crippen LogP contribution in [0, 0.1) is 11.7 Å². The summed E-state index contributed by atoms with van der Waals surface area (Å²) < 4.78 is 15.5. The Bertz CT molecular complexity index is 622. The zero-order valence-corrected chi connectivity index (χ0v) is 13.0. The quantitative estimate of drug-likeness (QED) is 0.761. The second-order valence-corrected chi connectivity index (χ2v) is 5.97. The molecule has 0 bridgehead atoms. The summed E-state index contributed by atoms with van der Waals surface area (Å²) in [5, 5.41) is 4.45. The van der Waals surface area contributed by atoms with Crippen LogP contribution in [0.15, 0.2) is 28.9 Å². The van der Waals surface area contributed by atoms with Gasteiger partial charge in [0, 0.05) is 22.8 Å². The molecule has 0 aliphatic heterocycles. The van der Waals surface area contributed by atoms with E-state index in [1.54, 1.807) is 16.9 Å². The average molecular weight is 339 g/mol. The number of halogens is 2. The van der Waals surface area contributed by atoms with Gasteiger partial charge in [-0.3, -0.25) is 9.48 Å². The molecule has 2 rings (SSSR count). The smallest absolute Gasteiger partial charge is 0.153 e. The number of carbonyl (C=O) groups excluding carboxylic acids is 1. The molecule has 0 saturated carbocycles. The molecule has 0 radical (unpaired) electrons. The molecule has 0 aliphatic rings. The van der Waals surface area contributed by atoms with Gasteiger partial charge >= 0.3 is 0 Å². The summed E-state index contributed by atoms with van der Waals surface area (Å²) in [6, 6.07) is 4.36. The van der Waals surface area contributed by atoms with E-state index in [2.05, 4.69) is 34.9 Å². The molecule has 0 amide bonds. The SMILES string of the molecule is CC(C)CCn1cc(C=O)c(-c2ccc(F)cc2Br)n1. The molecule has 106 valence electrons. The molecule has 1 aromatic heterocycles. The van der Waals surface area contributed by atoms with Crippen LogP contribution < -0.4 is 0 Å². The maximum Gasteiger partial charge on any atom is 0.153 e. The molecule has 1 aromatic carbocycles. The average Bonchev–Trinajstić information content (AvgIpc) is 2.79. The molecule has 1 heterocycles. The molecule has 0 N–H and O–H groups in total. The van der Waals surface area contributed by atoms with E-state index in [0.29, 0.717) is 21.6 Å². The number of aryl methyl sites for hydroxylation is 1. The monoisotopic (exact) mass is 338 g/mol. The lowest BCUT2D eigenvalue weighted by molar-refractivity contribution is 0.112. The highest BCUT2D eigenvalue weighted by atomic mass is 79.9. The fraction of sp³-hybridized carbons (Fsp3) is 0.333. The third kappa shape index (κ3) is 3.33. The first-order valence-electron chi connectivity index (χ1n) is 6.49. The fourth-order valence-electron chi connectivity index (χ4n) is 1.92. The highest BCUT2D eigenvalue weighted by Gasteiger charge is 2.14. The third-order valence-corrected chi connectivity index (χ3v) is 3.69. The van der Waals surface area contributed by atoms with E-state index in [1.807, 2.05) is 0 Å². The molecule has 0 unspecified atom stereocenters. The number of aldehydes is 1. The molecule has 20 heavy (non-hydrogen) atoms. The topological polar surface area (TPSA) is 34.9 Å². The van der Waals surface area contributed by atoms with Crippen molar-refractivity contribution in [3.8, 4) is 11.3 Å². The van der Waals surface area contributed by atoms with Crippen LogP contribution in [0.2, 0.25) is 0 Å². The summed E-state index contributed by atoms with van der Waals surface area (Å²) in [6.07, 6.45) is 3.51. The maximum atomic E-state index is 13.1. The van der Waals surface area contributed by atoms with Gasteiger partial charge in [-0.25, -0.2) is 4.39 Å². The lowest BCUT2D eigenvalue weighted by Crippen LogP contribution is -2.02. The van der Waals surface area contributed by atoms with Crippen molar-refractivity contribution < 1.29 is 9.18 Å². The molecule has 0 fully saturated rings. The Morgan fingerprint density at radius 3 is 2.80 bits per heavy atom. The lowest BCUT2D eigenvalue weighted by atomic mass is 10.1. The van der Waals surface area contributed by atoms with E-state index < -0.39 is 0 Å². The summed E-state index contributed by atoms with van der Waals surface area (Å²) >= 11 is 3.31. The van der Waals surface area contributed by atoms with Crippen LogP contribution in [0.3, 0.4) is 0 Å². The van der Waals surface area contributed by atoms with Gasteiger partial charge in [-0.15, -0.1) is 0 Å². The minimum Gasteiger partial charge on any atom is -0.298 e. The van der Waals surface area contributed by atoms with Gasteiger partial charge in [0.25, 0.3) is 0 Å². The lowest BCUT2D eigenvalue weighted by Gasteiger charge is -2.04. The van der Waals surface area contributed by atoms with Crippen molar-refractivity contribution in [2.75, 3.05) is 0 Å². The zero-order chi connectivity index (χ0) is 14.7. The van der Waals surface area contributed by atoms with Crippen LogP contribution in [0.5, 0.6) is 0 Å². The van der Waals surface area contributed by atoms with Crippen LogP contribution in [-0.2, 0) is 6.54 Å².